The van der Waals surface area contributed by atoms with Gasteiger partial charge in [0.2, 0.25) is 5.76 Å². The van der Waals surface area contributed by atoms with Gasteiger partial charge in [0.25, 0.3) is 0 Å². The Kier molecular flexibility index (Phi) is 3.61. The van der Waals surface area contributed by atoms with E-state index < -0.39 is 5.97 Å². The first-order valence-corrected chi connectivity index (χ1v) is 6.28. The maximum atomic E-state index is 10.7. The van der Waals surface area contributed by atoms with Crippen molar-refractivity contribution in [3.8, 4) is 0 Å². The largest absolute Gasteiger partial charge is 0.475 e. The second-order valence-corrected chi connectivity index (χ2v) is 5.15. The highest BCUT2D eigenvalue weighted by Crippen LogP contribution is 2.34. The van der Waals surface area contributed by atoms with Crippen molar-refractivity contribution in [3.05, 3.63) is 17.9 Å². The van der Waals surface area contributed by atoms with E-state index in [1.165, 1.54) is 31.7 Å². The van der Waals surface area contributed by atoms with Crippen molar-refractivity contribution in [3.63, 3.8) is 0 Å². The molecule has 0 bridgehead atoms. The quantitative estimate of drug-likeness (QED) is 0.841. The fraction of sp³-hybridized carbons (Fsp3) is 0.615. The molecule has 2 N–H and O–H groups in total. The molecule has 0 aliphatic heterocycles. The van der Waals surface area contributed by atoms with Crippen molar-refractivity contribution in [1.82, 2.24) is 4.90 Å². The van der Waals surface area contributed by atoms with E-state index in [-0.39, 0.29) is 11.3 Å². The predicted octanol–water partition coefficient (Wildman–Crippen LogP) is 2.26. The van der Waals surface area contributed by atoms with Gasteiger partial charge in [-0.1, -0.05) is 12.8 Å². The van der Waals surface area contributed by atoms with E-state index in [1.807, 2.05) is 0 Å². The fourth-order valence-corrected chi connectivity index (χ4v) is 2.61. The summed E-state index contributed by atoms with van der Waals surface area (Å²) in [6.07, 6.45) is 4.83. The summed E-state index contributed by atoms with van der Waals surface area (Å²) in [4.78, 5) is 13.0. The van der Waals surface area contributed by atoms with Crippen LogP contribution in [-0.4, -0.2) is 42.2 Å². The second-order valence-electron chi connectivity index (χ2n) is 5.15. The summed E-state index contributed by atoms with van der Waals surface area (Å²) in [6, 6.07) is 3.14. The first-order valence-electron chi connectivity index (χ1n) is 6.28. The van der Waals surface area contributed by atoms with Gasteiger partial charge in [0.15, 0.2) is 5.88 Å². The van der Waals surface area contributed by atoms with E-state index in [0.29, 0.717) is 5.88 Å². The Hall–Kier alpha value is -1.49. The van der Waals surface area contributed by atoms with Crippen LogP contribution in [0.5, 0.6) is 0 Å². The number of carboxylic acid groups (broad SMARTS) is 1. The van der Waals surface area contributed by atoms with E-state index in [9.17, 15) is 4.79 Å². The predicted molar refractivity (Wildman–Crippen MR) is 69.0 cm³/mol. The number of furan rings is 1. The van der Waals surface area contributed by atoms with Crippen LogP contribution < -0.4 is 5.32 Å². The average molecular weight is 252 g/mol. The molecule has 1 fully saturated rings. The zero-order valence-electron chi connectivity index (χ0n) is 10.9. The van der Waals surface area contributed by atoms with Crippen molar-refractivity contribution in [1.29, 1.82) is 0 Å². The SMILES string of the molecule is CN(C)C1(CNc2ccc(C(=O)O)o2)CCCC1. The van der Waals surface area contributed by atoms with E-state index in [2.05, 4.69) is 24.3 Å². The van der Waals surface area contributed by atoms with E-state index in [0.717, 1.165) is 6.54 Å². The molecule has 1 saturated carbocycles. The summed E-state index contributed by atoms with van der Waals surface area (Å²) in [5.74, 6) is -0.533. The van der Waals surface area contributed by atoms with Crippen molar-refractivity contribution >= 4 is 11.9 Å². The van der Waals surface area contributed by atoms with Crippen molar-refractivity contribution in [2.45, 2.75) is 31.2 Å². The molecule has 100 valence electrons. The minimum atomic E-state index is -1.04. The van der Waals surface area contributed by atoms with Crippen LogP contribution in [-0.2, 0) is 0 Å². The van der Waals surface area contributed by atoms with Gasteiger partial charge in [-0.2, -0.15) is 0 Å². The van der Waals surface area contributed by atoms with Crippen LogP contribution in [0, 0.1) is 0 Å². The number of hydrogen-bond donors (Lipinski definition) is 2. The molecule has 18 heavy (non-hydrogen) atoms. The molecule has 0 unspecified atom stereocenters. The van der Waals surface area contributed by atoms with Gasteiger partial charge in [-0.05, 0) is 33.0 Å². The van der Waals surface area contributed by atoms with Crippen LogP contribution in [0.25, 0.3) is 0 Å². The summed E-state index contributed by atoms with van der Waals surface area (Å²) in [5.41, 5.74) is 0.163. The first kappa shape index (κ1) is 13.0. The molecule has 0 spiro atoms. The fourth-order valence-electron chi connectivity index (χ4n) is 2.61. The lowest BCUT2D eigenvalue weighted by atomic mass is 9.96. The van der Waals surface area contributed by atoms with Gasteiger partial charge in [-0.15, -0.1) is 0 Å². The molecular weight excluding hydrogens is 232 g/mol. The topological polar surface area (TPSA) is 65.7 Å². The Morgan fingerprint density at radius 2 is 2.11 bits per heavy atom. The van der Waals surface area contributed by atoms with Gasteiger partial charge in [0, 0.05) is 18.2 Å². The average Bonchev–Trinajstić information content (AvgIpc) is 2.96. The summed E-state index contributed by atoms with van der Waals surface area (Å²) in [7, 11) is 4.19. The van der Waals surface area contributed by atoms with Crippen LogP contribution in [0.2, 0.25) is 0 Å². The number of aromatic carboxylic acids is 1. The van der Waals surface area contributed by atoms with Crippen LogP contribution in [0.1, 0.15) is 36.2 Å². The van der Waals surface area contributed by atoms with Gasteiger partial charge in [-0.3, -0.25) is 0 Å². The highest BCUT2D eigenvalue weighted by Gasteiger charge is 2.35. The zero-order valence-corrected chi connectivity index (χ0v) is 10.9. The number of likely N-dealkylation sites (N-methyl/N-ethyl adjacent to an activating group) is 1. The molecule has 1 aliphatic carbocycles. The van der Waals surface area contributed by atoms with Gasteiger partial charge in [0.1, 0.15) is 0 Å². The number of carbonyl (C=O) groups is 1. The lowest BCUT2D eigenvalue weighted by molar-refractivity contribution is 0.0663. The number of hydrogen-bond acceptors (Lipinski definition) is 4. The number of nitrogens with one attached hydrogen (secondary N) is 1. The summed E-state index contributed by atoms with van der Waals surface area (Å²) >= 11 is 0. The molecule has 2 rings (SSSR count). The number of anilines is 1. The molecule has 1 aliphatic rings. The van der Waals surface area contributed by atoms with Crippen molar-refractivity contribution in [2.75, 3.05) is 26.0 Å². The van der Waals surface area contributed by atoms with Crippen LogP contribution >= 0.6 is 0 Å². The minimum absolute atomic E-state index is 0.0252. The molecule has 5 nitrogen and oxygen atoms in total. The van der Waals surface area contributed by atoms with Crippen molar-refractivity contribution in [2.24, 2.45) is 0 Å². The normalized spacial score (nSPS) is 18.2. The molecule has 1 heterocycles. The molecule has 0 amide bonds. The van der Waals surface area contributed by atoms with Gasteiger partial charge in [-0.25, -0.2) is 4.79 Å². The van der Waals surface area contributed by atoms with Crippen molar-refractivity contribution < 1.29 is 14.3 Å². The number of carboxylic acids is 1. The lowest BCUT2D eigenvalue weighted by Crippen LogP contribution is -2.47. The van der Waals surface area contributed by atoms with Crippen LogP contribution in [0.3, 0.4) is 0 Å². The Morgan fingerprint density at radius 3 is 2.61 bits per heavy atom. The minimum Gasteiger partial charge on any atom is -0.475 e. The van der Waals surface area contributed by atoms with Crippen LogP contribution in [0.4, 0.5) is 5.88 Å². The molecule has 1 aromatic rings. The number of rotatable bonds is 5. The maximum Gasteiger partial charge on any atom is 0.371 e. The van der Waals surface area contributed by atoms with E-state index >= 15 is 0 Å². The molecule has 0 aromatic carbocycles. The first-order chi connectivity index (χ1) is 8.53. The second kappa shape index (κ2) is 5.02. The molecule has 5 heteroatoms. The Labute approximate surface area is 107 Å². The summed E-state index contributed by atoms with van der Waals surface area (Å²) in [6.45, 7) is 0.784. The maximum absolute atomic E-state index is 10.7. The standard InChI is InChI=1S/C13H20N2O3/c1-15(2)13(7-3-4-8-13)9-14-11-6-5-10(18-11)12(16)17/h5-6,14H,3-4,7-9H2,1-2H3,(H,16,17). The number of nitrogens with zero attached hydrogens (tertiary/aromatic N) is 1. The third kappa shape index (κ3) is 2.51. The third-order valence-electron chi connectivity index (χ3n) is 3.89. The monoisotopic (exact) mass is 252 g/mol. The van der Waals surface area contributed by atoms with Gasteiger partial charge >= 0.3 is 5.97 Å². The Morgan fingerprint density at radius 1 is 1.44 bits per heavy atom. The lowest BCUT2D eigenvalue weighted by Gasteiger charge is -2.36. The van der Waals surface area contributed by atoms with E-state index in [1.54, 1.807) is 6.07 Å². The molecule has 0 atom stereocenters. The third-order valence-corrected chi connectivity index (χ3v) is 3.89. The zero-order chi connectivity index (χ0) is 13.2. The Bertz CT molecular complexity index is 420. The van der Waals surface area contributed by atoms with Gasteiger partial charge in [0.05, 0.1) is 0 Å². The molecule has 0 saturated heterocycles. The smallest absolute Gasteiger partial charge is 0.371 e. The highest BCUT2D eigenvalue weighted by molar-refractivity contribution is 5.84. The van der Waals surface area contributed by atoms with E-state index in [4.69, 9.17) is 9.52 Å². The summed E-state index contributed by atoms with van der Waals surface area (Å²) < 4.78 is 5.20. The molecule has 1 aromatic heterocycles. The summed E-state index contributed by atoms with van der Waals surface area (Å²) in [5, 5.41) is 12.0. The molecular formula is C13H20N2O3. The molecule has 0 radical (unpaired) electrons. The Balaban J connectivity index is 1.99. The van der Waals surface area contributed by atoms with Crippen LogP contribution in [0.15, 0.2) is 16.5 Å². The highest BCUT2D eigenvalue weighted by atomic mass is 16.4. The van der Waals surface area contributed by atoms with Gasteiger partial charge < -0.3 is 19.7 Å².